The molecule has 3 aromatic rings. The first-order valence-corrected chi connectivity index (χ1v) is 12.0. The van der Waals surface area contributed by atoms with Crippen LogP contribution in [0.3, 0.4) is 0 Å². The summed E-state index contributed by atoms with van der Waals surface area (Å²) >= 11 is 1.18. The van der Waals surface area contributed by atoms with Gasteiger partial charge in [-0.25, -0.2) is 0 Å². The van der Waals surface area contributed by atoms with Crippen LogP contribution in [-0.2, 0) is 17.8 Å². The number of aromatic nitrogens is 2. The summed E-state index contributed by atoms with van der Waals surface area (Å²) in [5.41, 5.74) is 1.05. The molecule has 182 valence electrons. The topological polar surface area (TPSA) is 105 Å². The molecule has 1 heterocycles. The predicted octanol–water partition coefficient (Wildman–Crippen LogP) is 3.91. The second kappa shape index (κ2) is 13.3. The van der Waals surface area contributed by atoms with Gasteiger partial charge in [0.15, 0.2) is 18.1 Å². The Bertz CT molecular complexity index is 1040. The molecule has 0 saturated carbocycles. The highest BCUT2D eigenvalue weighted by Gasteiger charge is 2.11. The maximum atomic E-state index is 12.2. The van der Waals surface area contributed by atoms with Crippen molar-refractivity contribution in [3.05, 3.63) is 53.9 Å². The molecular formula is C24H29N3O6S. The first-order chi connectivity index (χ1) is 16.6. The van der Waals surface area contributed by atoms with E-state index in [2.05, 4.69) is 15.5 Å². The van der Waals surface area contributed by atoms with Gasteiger partial charge in [-0.15, -0.1) is 10.2 Å². The van der Waals surface area contributed by atoms with E-state index in [0.29, 0.717) is 48.8 Å². The van der Waals surface area contributed by atoms with Gasteiger partial charge in [0.25, 0.3) is 11.1 Å². The molecule has 1 amide bonds. The predicted molar refractivity (Wildman–Crippen MR) is 128 cm³/mol. The van der Waals surface area contributed by atoms with Gasteiger partial charge in [-0.3, -0.25) is 4.79 Å². The summed E-state index contributed by atoms with van der Waals surface area (Å²) in [5, 5.41) is 11.1. The summed E-state index contributed by atoms with van der Waals surface area (Å²) in [4.78, 5) is 12.2. The van der Waals surface area contributed by atoms with Crippen LogP contribution in [0.4, 0.5) is 0 Å². The van der Waals surface area contributed by atoms with Gasteiger partial charge in [0, 0.05) is 6.54 Å². The van der Waals surface area contributed by atoms with Crippen LogP contribution >= 0.6 is 11.8 Å². The van der Waals surface area contributed by atoms with E-state index in [1.165, 1.54) is 11.8 Å². The Labute approximate surface area is 203 Å². The molecule has 0 aliphatic carbocycles. The van der Waals surface area contributed by atoms with Crippen LogP contribution in [-0.4, -0.2) is 48.7 Å². The summed E-state index contributed by atoms with van der Waals surface area (Å²) in [6.45, 7) is 5.64. The fraction of sp³-hybridized carbons (Fsp3) is 0.375. The lowest BCUT2D eigenvalue weighted by Gasteiger charge is -2.12. The fourth-order valence-electron chi connectivity index (χ4n) is 2.95. The van der Waals surface area contributed by atoms with Gasteiger partial charge >= 0.3 is 0 Å². The van der Waals surface area contributed by atoms with Crippen LogP contribution in [0, 0.1) is 0 Å². The van der Waals surface area contributed by atoms with E-state index in [0.717, 1.165) is 17.1 Å². The molecule has 0 spiro atoms. The second-order valence-corrected chi connectivity index (χ2v) is 7.89. The summed E-state index contributed by atoms with van der Waals surface area (Å²) in [7, 11) is 1.61. The molecule has 0 unspecified atom stereocenters. The van der Waals surface area contributed by atoms with Gasteiger partial charge in [-0.1, -0.05) is 17.8 Å². The van der Waals surface area contributed by atoms with Crippen LogP contribution in [0.2, 0.25) is 0 Å². The molecule has 1 N–H and O–H groups in total. The zero-order chi connectivity index (χ0) is 24.2. The molecule has 0 saturated heterocycles. The monoisotopic (exact) mass is 487 g/mol. The van der Waals surface area contributed by atoms with Crippen molar-refractivity contribution in [3.63, 3.8) is 0 Å². The normalized spacial score (nSPS) is 10.6. The highest BCUT2D eigenvalue weighted by molar-refractivity contribution is 7.99. The highest BCUT2D eigenvalue weighted by atomic mass is 32.2. The average molecular weight is 488 g/mol. The minimum atomic E-state index is -0.116. The highest BCUT2D eigenvalue weighted by Crippen LogP contribution is 2.28. The number of carbonyl (C=O) groups is 1. The molecule has 0 fully saturated rings. The number of methoxy groups -OCH3 is 1. The van der Waals surface area contributed by atoms with Gasteiger partial charge in [-0.2, -0.15) is 0 Å². The first kappa shape index (κ1) is 25.2. The van der Waals surface area contributed by atoms with Crippen molar-refractivity contribution in [3.8, 4) is 23.0 Å². The molecular weight excluding hydrogens is 458 g/mol. The number of rotatable bonds is 14. The van der Waals surface area contributed by atoms with Crippen molar-refractivity contribution in [2.45, 2.75) is 32.1 Å². The Balaban J connectivity index is 1.38. The minimum absolute atomic E-state index is 0.116. The third kappa shape index (κ3) is 7.87. The van der Waals surface area contributed by atoms with Crippen molar-refractivity contribution in [2.24, 2.45) is 0 Å². The number of benzene rings is 2. The molecule has 0 aliphatic heterocycles. The Hall–Kier alpha value is -3.40. The van der Waals surface area contributed by atoms with Crippen LogP contribution < -0.4 is 24.3 Å². The number of thioether (sulfide) groups is 1. The quantitative estimate of drug-likeness (QED) is 0.339. The number of hydrogen-bond donors (Lipinski definition) is 1. The molecule has 2 aromatic carbocycles. The van der Waals surface area contributed by atoms with Gasteiger partial charge in [0.05, 0.1) is 26.1 Å². The van der Waals surface area contributed by atoms with Crippen molar-refractivity contribution in [2.75, 3.05) is 32.6 Å². The molecule has 0 atom stereocenters. The van der Waals surface area contributed by atoms with E-state index >= 15 is 0 Å². The molecule has 0 radical (unpaired) electrons. The Kier molecular flexibility index (Phi) is 9.90. The van der Waals surface area contributed by atoms with E-state index in [4.69, 9.17) is 23.4 Å². The zero-order valence-corrected chi connectivity index (χ0v) is 20.4. The van der Waals surface area contributed by atoms with E-state index in [-0.39, 0.29) is 18.3 Å². The maximum absolute atomic E-state index is 12.2. The second-order valence-electron chi connectivity index (χ2n) is 6.96. The third-order valence-corrected chi connectivity index (χ3v) is 5.36. The van der Waals surface area contributed by atoms with Gasteiger partial charge in [0.1, 0.15) is 11.5 Å². The molecule has 10 heteroatoms. The maximum Gasteiger partial charge on any atom is 0.277 e. The molecule has 3 rings (SSSR count). The number of carbonyl (C=O) groups excluding carboxylic acids is 1. The average Bonchev–Trinajstić information content (AvgIpc) is 3.31. The standard InChI is InChI=1S/C24H29N3O6S/c1-4-30-20-11-6-17(14-21(20)31-5-2)12-13-25-22(28)16-34-24-27-26-23(33-24)15-32-19-9-7-18(29-3)8-10-19/h6-11,14H,4-5,12-13,15-16H2,1-3H3,(H,25,28). The summed E-state index contributed by atoms with van der Waals surface area (Å²) in [6, 6.07) is 13.0. The van der Waals surface area contributed by atoms with Crippen molar-refractivity contribution < 1.29 is 28.2 Å². The van der Waals surface area contributed by atoms with Gasteiger partial charge in [0.2, 0.25) is 5.91 Å². The summed E-state index contributed by atoms with van der Waals surface area (Å²) < 4.78 is 27.5. The molecule has 34 heavy (non-hydrogen) atoms. The van der Waals surface area contributed by atoms with Crippen LogP contribution in [0.15, 0.2) is 52.1 Å². The Morgan fingerprint density at radius 3 is 2.44 bits per heavy atom. The minimum Gasteiger partial charge on any atom is -0.497 e. The van der Waals surface area contributed by atoms with Crippen molar-refractivity contribution in [1.29, 1.82) is 0 Å². The summed E-state index contributed by atoms with van der Waals surface area (Å²) in [6.07, 6.45) is 0.677. The van der Waals surface area contributed by atoms with Gasteiger partial charge < -0.3 is 28.7 Å². The van der Waals surface area contributed by atoms with Crippen LogP contribution in [0.25, 0.3) is 0 Å². The smallest absolute Gasteiger partial charge is 0.277 e. The lowest BCUT2D eigenvalue weighted by molar-refractivity contribution is -0.118. The summed E-state index contributed by atoms with van der Waals surface area (Å²) in [5.74, 6) is 3.24. The molecule has 0 bridgehead atoms. The SMILES string of the molecule is CCOc1ccc(CCNC(=O)CSc2nnc(COc3ccc(OC)cc3)o2)cc1OCC. The first-order valence-electron chi connectivity index (χ1n) is 11.0. The number of ether oxygens (including phenoxy) is 4. The zero-order valence-electron chi connectivity index (χ0n) is 19.5. The van der Waals surface area contributed by atoms with Crippen molar-refractivity contribution >= 4 is 17.7 Å². The van der Waals surface area contributed by atoms with E-state index < -0.39 is 0 Å². The third-order valence-electron chi connectivity index (χ3n) is 4.54. The van der Waals surface area contributed by atoms with Crippen LogP contribution in [0.5, 0.6) is 23.0 Å². The van der Waals surface area contributed by atoms with E-state index in [9.17, 15) is 4.79 Å². The lowest BCUT2D eigenvalue weighted by atomic mass is 10.1. The van der Waals surface area contributed by atoms with Gasteiger partial charge in [-0.05, 0) is 62.2 Å². The molecule has 9 nitrogen and oxygen atoms in total. The number of nitrogens with one attached hydrogen (secondary N) is 1. The molecule has 0 aliphatic rings. The largest absolute Gasteiger partial charge is 0.497 e. The van der Waals surface area contributed by atoms with E-state index in [1.54, 1.807) is 31.4 Å². The van der Waals surface area contributed by atoms with Crippen LogP contribution in [0.1, 0.15) is 25.3 Å². The van der Waals surface area contributed by atoms with Crippen molar-refractivity contribution in [1.82, 2.24) is 15.5 Å². The molecule has 1 aromatic heterocycles. The van der Waals surface area contributed by atoms with E-state index in [1.807, 2.05) is 32.0 Å². The number of hydrogen-bond acceptors (Lipinski definition) is 9. The number of nitrogens with zero attached hydrogens (tertiary/aromatic N) is 2. The fourth-order valence-corrected chi connectivity index (χ4v) is 3.56. The Morgan fingerprint density at radius 2 is 1.71 bits per heavy atom. The Morgan fingerprint density at radius 1 is 0.971 bits per heavy atom. The number of amides is 1. The lowest BCUT2D eigenvalue weighted by Crippen LogP contribution is -2.27.